The third-order valence-corrected chi connectivity index (χ3v) is 5.61. The molecule has 142 valence electrons. The normalized spacial score (nSPS) is 18.5. The number of urea groups is 1. The number of hydrogen-bond donors (Lipinski definition) is 1. The summed E-state index contributed by atoms with van der Waals surface area (Å²) < 4.78 is 0. The van der Waals surface area contributed by atoms with Gasteiger partial charge in [0.05, 0.1) is 0 Å². The maximum Gasteiger partial charge on any atom is 0.317 e. The van der Waals surface area contributed by atoms with E-state index in [2.05, 4.69) is 16.3 Å². The first-order valence-electron chi connectivity index (χ1n) is 9.88. The number of nitrogens with zero attached hydrogens (tertiary/aromatic N) is 2. The van der Waals surface area contributed by atoms with Crippen molar-refractivity contribution in [3.63, 3.8) is 0 Å². The summed E-state index contributed by atoms with van der Waals surface area (Å²) in [5, 5.41) is 3.78. The lowest BCUT2D eigenvalue weighted by Gasteiger charge is -2.35. The van der Waals surface area contributed by atoms with Gasteiger partial charge in [0, 0.05) is 44.3 Å². The van der Waals surface area contributed by atoms with E-state index in [1.54, 1.807) is 5.57 Å². The molecule has 0 radical (unpaired) electrons. The number of halogens is 1. The summed E-state index contributed by atoms with van der Waals surface area (Å²) in [5.41, 5.74) is 2.79. The quantitative estimate of drug-likeness (QED) is 0.760. The Bertz CT molecular complexity index is 623. The Hall–Kier alpha value is -1.52. The Morgan fingerprint density at radius 2 is 1.96 bits per heavy atom. The third kappa shape index (κ3) is 6.03. The van der Waals surface area contributed by atoms with Crippen LogP contribution in [0.1, 0.15) is 37.7 Å². The number of nitrogens with one attached hydrogen (secondary N) is 1. The summed E-state index contributed by atoms with van der Waals surface area (Å²) in [6.45, 7) is 5.39. The van der Waals surface area contributed by atoms with Gasteiger partial charge in [-0.25, -0.2) is 4.79 Å². The molecule has 1 fully saturated rings. The topological polar surface area (TPSA) is 35.6 Å². The Morgan fingerprint density at radius 1 is 1.12 bits per heavy atom. The second kappa shape index (κ2) is 9.98. The van der Waals surface area contributed by atoms with Crippen molar-refractivity contribution in [2.45, 2.75) is 38.5 Å². The predicted octanol–water partition coefficient (Wildman–Crippen LogP) is 4.10. The molecule has 0 bridgehead atoms. The van der Waals surface area contributed by atoms with E-state index in [9.17, 15) is 4.79 Å². The van der Waals surface area contributed by atoms with Crippen molar-refractivity contribution < 1.29 is 4.79 Å². The first-order valence-corrected chi connectivity index (χ1v) is 10.3. The molecule has 1 aromatic rings. The molecule has 5 heteroatoms. The van der Waals surface area contributed by atoms with E-state index < -0.39 is 0 Å². The van der Waals surface area contributed by atoms with Gasteiger partial charge >= 0.3 is 6.03 Å². The van der Waals surface area contributed by atoms with Gasteiger partial charge in [0.2, 0.25) is 0 Å². The number of allylic oxidation sites excluding steroid dienone is 1. The number of amides is 2. The van der Waals surface area contributed by atoms with Crippen molar-refractivity contribution in [1.29, 1.82) is 0 Å². The largest absolute Gasteiger partial charge is 0.338 e. The first kappa shape index (κ1) is 19.2. The van der Waals surface area contributed by atoms with E-state index in [1.165, 1.54) is 32.1 Å². The van der Waals surface area contributed by atoms with Gasteiger partial charge in [0.25, 0.3) is 0 Å². The monoisotopic (exact) mass is 375 g/mol. The minimum absolute atomic E-state index is 0.0571. The molecule has 2 amide bonds. The Kier molecular flexibility index (Phi) is 7.39. The maximum absolute atomic E-state index is 12.3. The van der Waals surface area contributed by atoms with E-state index in [4.69, 9.17) is 11.6 Å². The highest BCUT2D eigenvalue weighted by Gasteiger charge is 2.20. The van der Waals surface area contributed by atoms with Crippen molar-refractivity contribution in [3.05, 3.63) is 46.5 Å². The van der Waals surface area contributed by atoms with E-state index in [0.29, 0.717) is 6.54 Å². The summed E-state index contributed by atoms with van der Waals surface area (Å²) in [4.78, 5) is 16.8. The second-order valence-electron chi connectivity index (χ2n) is 7.30. The van der Waals surface area contributed by atoms with Crippen LogP contribution < -0.4 is 5.32 Å². The lowest BCUT2D eigenvalue weighted by Crippen LogP contribution is -2.52. The van der Waals surface area contributed by atoms with Crippen molar-refractivity contribution in [2.24, 2.45) is 0 Å². The van der Waals surface area contributed by atoms with Crippen LogP contribution in [-0.2, 0) is 6.42 Å². The summed E-state index contributed by atoms with van der Waals surface area (Å²) >= 11 is 5.99. The summed E-state index contributed by atoms with van der Waals surface area (Å²) in [6.07, 6.45) is 9.71. The Labute approximate surface area is 162 Å². The Morgan fingerprint density at radius 3 is 2.69 bits per heavy atom. The van der Waals surface area contributed by atoms with Crippen LogP contribution in [0.5, 0.6) is 0 Å². The molecule has 0 spiro atoms. The summed E-state index contributed by atoms with van der Waals surface area (Å²) in [5.74, 6) is 0. The second-order valence-corrected chi connectivity index (χ2v) is 7.74. The van der Waals surface area contributed by atoms with Crippen molar-refractivity contribution >= 4 is 17.6 Å². The van der Waals surface area contributed by atoms with Crippen LogP contribution in [0.25, 0.3) is 0 Å². The molecule has 1 N–H and O–H groups in total. The van der Waals surface area contributed by atoms with Gasteiger partial charge in [-0.2, -0.15) is 0 Å². The summed E-state index contributed by atoms with van der Waals surface area (Å²) in [6, 6.07) is 7.87. The highest BCUT2D eigenvalue weighted by Crippen LogP contribution is 2.20. The fourth-order valence-corrected chi connectivity index (χ4v) is 3.94. The molecule has 1 heterocycles. The lowest BCUT2D eigenvalue weighted by molar-refractivity contribution is 0.140. The molecule has 1 aliphatic heterocycles. The molecule has 4 nitrogen and oxygen atoms in total. The van der Waals surface area contributed by atoms with Crippen LogP contribution in [0.4, 0.5) is 4.79 Å². The average molecular weight is 376 g/mol. The fraction of sp³-hybridized carbons (Fsp3) is 0.571. The van der Waals surface area contributed by atoms with Crippen molar-refractivity contribution in [2.75, 3.05) is 39.3 Å². The molecule has 2 aliphatic rings. The first-order chi connectivity index (χ1) is 12.7. The van der Waals surface area contributed by atoms with Crippen LogP contribution in [-0.4, -0.2) is 55.1 Å². The molecule has 1 aromatic carbocycles. The Balaban J connectivity index is 1.32. The van der Waals surface area contributed by atoms with Gasteiger partial charge in [-0.1, -0.05) is 35.4 Å². The van der Waals surface area contributed by atoms with Crippen LogP contribution in [0, 0.1) is 0 Å². The lowest BCUT2D eigenvalue weighted by atomic mass is 9.97. The van der Waals surface area contributed by atoms with Crippen molar-refractivity contribution in [3.8, 4) is 0 Å². The molecule has 1 saturated heterocycles. The van der Waals surface area contributed by atoms with Gasteiger partial charge in [-0.05, 0) is 56.2 Å². The van der Waals surface area contributed by atoms with E-state index >= 15 is 0 Å². The zero-order chi connectivity index (χ0) is 18.2. The number of hydrogen-bond acceptors (Lipinski definition) is 2. The minimum Gasteiger partial charge on any atom is -0.338 e. The highest BCUT2D eigenvalue weighted by atomic mass is 35.5. The van der Waals surface area contributed by atoms with Gasteiger partial charge in [0.15, 0.2) is 0 Å². The van der Waals surface area contributed by atoms with Crippen LogP contribution in [0.2, 0.25) is 5.02 Å². The zero-order valence-electron chi connectivity index (χ0n) is 15.6. The third-order valence-electron chi connectivity index (χ3n) is 5.37. The van der Waals surface area contributed by atoms with Crippen LogP contribution in [0.15, 0.2) is 35.9 Å². The van der Waals surface area contributed by atoms with Gasteiger partial charge in [-0.15, -0.1) is 0 Å². The number of piperazine rings is 1. The molecule has 0 aromatic heterocycles. The average Bonchev–Trinajstić information content (AvgIpc) is 2.67. The van der Waals surface area contributed by atoms with E-state index in [1.807, 2.05) is 29.2 Å². The number of benzene rings is 1. The molecular weight excluding hydrogens is 346 g/mol. The van der Waals surface area contributed by atoms with Crippen molar-refractivity contribution in [1.82, 2.24) is 15.1 Å². The highest BCUT2D eigenvalue weighted by molar-refractivity contribution is 6.30. The SMILES string of the molecule is O=C(NCCc1cccc(Cl)c1)N1CCN(CCC2=CCCCC2)CC1. The number of carbonyl (C=O) groups excluding carboxylic acids is 1. The van der Waals surface area contributed by atoms with E-state index in [-0.39, 0.29) is 6.03 Å². The van der Waals surface area contributed by atoms with Gasteiger partial charge in [-0.3, -0.25) is 4.90 Å². The van der Waals surface area contributed by atoms with Gasteiger partial charge in [0.1, 0.15) is 0 Å². The number of carbonyl (C=O) groups is 1. The maximum atomic E-state index is 12.3. The molecule has 3 rings (SSSR count). The van der Waals surface area contributed by atoms with Gasteiger partial charge < -0.3 is 10.2 Å². The van der Waals surface area contributed by atoms with Crippen LogP contribution >= 0.6 is 11.6 Å². The molecular formula is C21H30ClN3O. The molecule has 1 aliphatic carbocycles. The fourth-order valence-electron chi connectivity index (χ4n) is 3.73. The predicted molar refractivity (Wildman–Crippen MR) is 108 cm³/mol. The molecule has 26 heavy (non-hydrogen) atoms. The molecule has 0 saturated carbocycles. The van der Waals surface area contributed by atoms with Crippen LogP contribution in [0.3, 0.4) is 0 Å². The standard InChI is InChI=1S/C21H30ClN3O/c22-20-8-4-7-19(17-20)9-11-23-21(26)25-15-13-24(14-16-25)12-10-18-5-2-1-3-6-18/h4-5,7-8,17H,1-3,6,9-16H2,(H,23,26). The number of rotatable bonds is 6. The minimum atomic E-state index is 0.0571. The van der Waals surface area contributed by atoms with E-state index in [0.717, 1.165) is 49.7 Å². The summed E-state index contributed by atoms with van der Waals surface area (Å²) in [7, 11) is 0. The zero-order valence-corrected chi connectivity index (χ0v) is 16.3. The molecule has 0 atom stereocenters. The smallest absolute Gasteiger partial charge is 0.317 e. The molecule has 0 unspecified atom stereocenters.